The third-order valence-electron chi connectivity index (χ3n) is 3.51. The Morgan fingerprint density at radius 2 is 1.45 bits per heavy atom. The number of piperidine rings is 1. The molecule has 106 valence electrons. The molecular formula is C14H15NO5. The summed E-state index contributed by atoms with van der Waals surface area (Å²) in [6.07, 6.45) is 0.905. The molecule has 1 aliphatic heterocycles. The van der Waals surface area contributed by atoms with Crippen molar-refractivity contribution in [1.82, 2.24) is 4.90 Å². The Morgan fingerprint density at radius 1 is 0.950 bits per heavy atom. The summed E-state index contributed by atoms with van der Waals surface area (Å²) in [4.78, 5) is 35.4. The molecule has 0 atom stereocenters. The molecule has 1 amide bonds. The maximum Gasteiger partial charge on any atom is 0.335 e. The lowest BCUT2D eigenvalue weighted by molar-refractivity contribution is -0.143. The van der Waals surface area contributed by atoms with Gasteiger partial charge < -0.3 is 15.1 Å². The highest BCUT2D eigenvalue weighted by molar-refractivity contribution is 5.96. The fraction of sp³-hybridized carbons (Fsp3) is 0.357. The standard InChI is InChI=1S/C14H15NO5/c16-12(9-1-3-10(4-2-9)13(17)18)15-7-5-11(6-8-15)14(19)20/h1-4,11H,5-8H2,(H,17,18)(H,19,20). The van der Waals surface area contributed by atoms with Crippen LogP contribution in [-0.4, -0.2) is 46.0 Å². The fourth-order valence-electron chi connectivity index (χ4n) is 2.27. The van der Waals surface area contributed by atoms with Gasteiger partial charge in [-0.05, 0) is 37.1 Å². The van der Waals surface area contributed by atoms with E-state index in [1.165, 1.54) is 24.3 Å². The smallest absolute Gasteiger partial charge is 0.335 e. The van der Waals surface area contributed by atoms with Gasteiger partial charge in [-0.2, -0.15) is 0 Å². The Balaban J connectivity index is 2.01. The zero-order valence-electron chi connectivity index (χ0n) is 10.8. The lowest BCUT2D eigenvalue weighted by Gasteiger charge is -2.30. The number of benzene rings is 1. The zero-order valence-corrected chi connectivity index (χ0v) is 10.8. The van der Waals surface area contributed by atoms with Gasteiger partial charge >= 0.3 is 11.9 Å². The van der Waals surface area contributed by atoms with Gasteiger partial charge in [0.2, 0.25) is 0 Å². The zero-order chi connectivity index (χ0) is 14.7. The van der Waals surface area contributed by atoms with Crippen LogP contribution in [0, 0.1) is 5.92 Å². The predicted molar refractivity (Wildman–Crippen MR) is 69.7 cm³/mol. The van der Waals surface area contributed by atoms with E-state index in [1.807, 2.05) is 0 Å². The van der Waals surface area contributed by atoms with Crippen LogP contribution < -0.4 is 0 Å². The van der Waals surface area contributed by atoms with Crippen molar-refractivity contribution in [1.29, 1.82) is 0 Å². The molecule has 0 unspecified atom stereocenters. The molecule has 1 aromatic rings. The Bertz CT molecular complexity index is 529. The highest BCUT2D eigenvalue weighted by Crippen LogP contribution is 2.19. The van der Waals surface area contributed by atoms with Crippen LogP contribution in [0.4, 0.5) is 0 Å². The first-order chi connectivity index (χ1) is 9.49. The number of carboxylic acids is 2. The number of rotatable bonds is 3. The van der Waals surface area contributed by atoms with E-state index in [1.54, 1.807) is 4.90 Å². The van der Waals surface area contributed by atoms with E-state index in [9.17, 15) is 14.4 Å². The highest BCUT2D eigenvalue weighted by Gasteiger charge is 2.27. The third-order valence-corrected chi connectivity index (χ3v) is 3.51. The van der Waals surface area contributed by atoms with Gasteiger partial charge in [-0.25, -0.2) is 4.79 Å². The summed E-state index contributed by atoms with van der Waals surface area (Å²) in [6.45, 7) is 0.826. The normalized spacial score (nSPS) is 15.9. The number of carboxylic acid groups (broad SMARTS) is 2. The summed E-state index contributed by atoms with van der Waals surface area (Å²) < 4.78 is 0. The molecule has 0 aliphatic carbocycles. The summed E-state index contributed by atoms with van der Waals surface area (Å²) in [7, 11) is 0. The summed E-state index contributed by atoms with van der Waals surface area (Å²) in [5.74, 6) is -2.42. The SMILES string of the molecule is O=C(O)c1ccc(C(=O)N2CCC(C(=O)O)CC2)cc1. The second-order valence-electron chi connectivity index (χ2n) is 4.79. The van der Waals surface area contributed by atoms with Crippen LogP contribution in [0.25, 0.3) is 0 Å². The van der Waals surface area contributed by atoms with Crippen molar-refractivity contribution in [2.45, 2.75) is 12.8 Å². The number of likely N-dealkylation sites (tertiary alicyclic amines) is 1. The second-order valence-corrected chi connectivity index (χ2v) is 4.79. The minimum Gasteiger partial charge on any atom is -0.481 e. The minimum absolute atomic E-state index is 0.131. The number of nitrogens with zero attached hydrogens (tertiary/aromatic N) is 1. The Kier molecular flexibility index (Phi) is 4.02. The van der Waals surface area contributed by atoms with Crippen LogP contribution in [0.2, 0.25) is 0 Å². The number of aromatic carboxylic acids is 1. The lowest BCUT2D eigenvalue weighted by atomic mass is 9.96. The Labute approximate surface area is 115 Å². The monoisotopic (exact) mass is 277 g/mol. The Morgan fingerprint density at radius 3 is 1.90 bits per heavy atom. The molecular weight excluding hydrogens is 262 g/mol. The summed E-state index contributed by atoms with van der Waals surface area (Å²) >= 11 is 0. The van der Waals surface area contributed by atoms with Crippen LogP contribution >= 0.6 is 0 Å². The molecule has 0 radical (unpaired) electrons. The van der Waals surface area contributed by atoms with E-state index in [0.717, 1.165) is 0 Å². The summed E-state index contributed by atoms with van der Waals surface area (Å²) in [6, 6.07) is 5.74. The van der Waals surface area contributed by atoms with Gasteiger partial charge in [0.05, 0.1) is 11.5 Å². The average Bonchev–Trinajstić information content (AvgIpc) is 2.46. The molecule has 6 nitrogen and oxygen atoms in total. The topological polar surface area (TPSA) is 94.9 Å². The quantitative estimate of drug-likeness (QED) is 0.868. The van der Waals surface area contributed by atoms with E-state index in [2.05, 4.69) is 0 Å². The van der Waals surface area contributed by atoms with Crippen molar-refractivity contribution < 1.29 is 24.6 Å². The van der Waals surface area contributed by atoms with Crippen LogP contribution in [-0.2, 0) is 4.79 Å². The predicted octanol–water partition coefficient (Wildman–Crippen LogP) is 1.32. The molecule has 1 aromatic carbocycles. The van der Waals surface area contributed by atoms with Gasteiger partial charge in [0.15, 0.2) is 0 Å². The van der Waals surface area contributed by atoms with Crippen LogP contribution in [0.1, 0.15) is 33.6 Å². The Hall–Kier alpha value is -2.37. The van der Waals surface area contributed by atoms with E-state index >= 15 is 0 Å². The highest BCUT2D eigenvalue weighted by atomic mass is 16.4. The van der Waals surface area contributed by atoms with Crippen molar-refractivity contribution >= 4 is 17.8 Å². The molecule has 0 saturated carbocycles. The first-order valence-corrected chi connectivity index (χ1v) is 6.34. The van der Waals surface area contributed by atoms with Crippen molar-refractivity contribution in [3.8, 4) is 0 Å². The molecule has 20 heavy (non-hydrogen) atoms. The fourth-order valence-corrected chi connectivity index (χ4v) is 2.27. The maximum atomic E-state index is 12.2. The molecule has 1 fully saturated rings. The van der Waals surface area contributed by atoms with Crippen LogP contribution in [0.5, 0.6) is 0 Å². The molecule has 1 aliphatic rings. The van der Waals surface area contributed by atoms with Crippen molar-refractivity contribution in [3.05, 3.63) is 35.4 Å². The molecule has 2 rings (SSSR count). The number of hydrogen-bond donors (Lipinski definition) is 2. The molecule has 0 bridgehead atoms. The van der Waals surface area contributed by atoms with Gasteiger partial charge in [-0.1, -0.05) is 0 Å². The largest absolute Gasteiger partial charge is 0.481 e. The van der Waals surface area contributed by atoms with Gasteiger partial charge in [0.1, 0.15) is 0 Å². The number of amides is 1. The molecule has 0 spiro atoms. The van der Waals surface area contributed by atoms with E-state index in [-0.39, 0.29) is 17.4 Å². The van der Waals surface area contributed by atoms with Crippen LogP contribution in [0.3, 0.4) is 0 Å². The number of hydrogen-bond acceptors (Lipinski definition) is 3. The average molecular weight is 277 g/mol. The van der Waals surface area contributed by atoms with E-state index < -0.39 is 11.9 Å². The van der Waals surface area contributed by atoms with Crippen molar-refractivity contribution in [2.75, 3.05) is 13.1 Å². The first-order valence-electron chi connectivity index (χ1n) is 6.34. The molecule has 1 heterocycles. The first kappa shape index (κ1) is 14.0. The van der Waals surface area contributed by atoms with Gasteiger partial charge in [-0.15, -0.1) is 0 Å². The molecule has 1 saturated heterocycles. The third kappa shape index (κ3) is 2.96. The van der Waals surface area contributed by atoms with Gasteiger partial charge in [0.25, 0.3) is 5.91 Å². The number of carbonyl (C=O) groups is 3. The maximum absolute atomic E-state index is 12.2. The number of carbonyl (C=O) groups excluding carboxylic acids is 1. The lowest BCUT2D eigenvalue weighted by Crippen LogP contribution is -2.40. The second kappa shape index (κ2) is 5.73. The summed E-state index contributed by atoms with van der Waals surface area (Å²) in [5, 5.41) is 17.7. The molecule has 6 heteroatoms. The van der Waals surface area contributed by atoms with Gasteiger partial charge in [-0.3, -0.25) is 9.59 Å². The van der Waals surface area contributed by atoms with Crippen molar-refractivity contribution in [3.63, 3.8) is 0 Å². The van der Waals surface area contributed by atoms with E-state index in [0.29, 0.717) is 31.5 Å². The molecule has 0 aromatic heterocycles. The minimum atomic E-state index is -1.04. The van der Waals surface area contributed by atoms with E-state index in [4.69, 9.17) is 10.2 Å². The molecule has 2 N–H and O–H groups in total. The number of aliphatic carboxylic acids is 1. The van der Waals surface area contributed by atoms with Crippen molar-refractivity contribution in [2.24, 2.45) is 5.92 Å². The van der Waals surface area contributed by atoms with Gasteiger partial charge in [0, 0.05) is 18.7 Å². The van der Waals surface area contributed by atoms with Crippen LogP contribution in [0.15, 0.2) is 24.3 Å². The summed E-state index contributed by atoms with van der Waals surface area (Å²) in [5.41, 5.74) is 0.551.